The molecule has 1 fully saturated rings. The number of rotatable bonds is 5. The maximum absolute atomic E-state index is 6.29. The van der Waals surface area contributed by atoms with Gasteiger partial charge in [-0.05, 0) is 49.5 Å². The maximum Gasteiger partial charge on any atom is 0.124 e. The number of hydrogen-bond acceptors (Lipinski definition) is 5. The number of benzene rings is 1. The Kier molecular flexibility index (Phi) is 5.82. The Labute approximate surface area is 194 Å². The van der Waals surface area contributed by atoms with Gasteiger partial charge in [-0.3, -0.25) is 14.8 Å². The van der Waals surface area contributed by atoms with Crippen molar-refractivity contribution in [1.82, 2.24) is 25.0 Å². The highest BCUT2D eigenvalue weighted by atomic mass is 35.5. The maximum atomic E-state index is 6.29. The molecule has 0 aliphatic carbocycles. The number of pyridine rings is 1. The number of nitrogens with zero attached hydrogens (tertiary/aromatic N) is 4. The number of aromatic amines is 1. The third kappa shape index (κ3) is 4.14. The molecule has 1 aliphatic rings. The Morgan fingerprint density at radius 3 is 2.71 bits per heavy atom. The minimum atomic E-state index is -0.331. The van der Waals surface area contributed by atoms with Crippen LogP contribution in [0.3, 0.4) is 0 Å². The van der Waals surface area contributed by atoms with Crippen LogP contribution in [0.15, 0.2) is 43.0 Å². The van der Waals surface area contributed by atoms with Crippen molar-refractivity contribution in [2.24, 2.45) is 0 Å². The topological polar surface area (TPSA) is 68.6 Å². The zero-order valence-corrected chi connectivity index (χ0v) is 19.2. The SMILES string of the molecule is C[C@@H](Oc1ccc2[nH]nc(-c3cnn(C4CCSCC4)c3)c2c1)c1c(Cl)cncc1Cl. The van der Waals surface area contributed by atoms with Gasteiger partial charge in [-0.15, -0.1) is 0 Å². The van der Waals surface area contributed by atoms with Gasteiger partial charge in [0.1, 0.15) is 17.5 Å². The van der Waals surface area contributed by atoms with Crippen LogP contribution in [0.2, 0.25) is 10.0 Å². The van der Waals surface area contributed by atoms with Gasteiger partial charge in [-0.1, -0.05) is 23.2 Å². The minimum Gasteiger partial charge on any atom is -0.486 e. The molecule has 0 bridgehead atoms. The number of halogens is 2. The van der Waals surface area contributed by atoms with Gasteiger partial charge in [-0.2, -0.15) is 22.0 Å². The van der Waals surface area contributed by atoms with Crippen LogP contribution in [-0.2, 0) is 0 Å². The number of nitrogens with one attached hydrogen (secondary N) is 1. The summed E-state index contributed by atoms with van der Waals surface area (Å²) in [6, 6.07) is 6.33. The Morgan fingerprint density at radius 1 is 1.16 bits per heavy atom. The summed E-state index contributed by atoms with van der Waals surface area (Å²) in [6.07, 6.45) is 9.12. The van der Waals surface area contributed by atoms with Crippen molar-refractivity contribution in [2.45, 2.75) is 31.9 Å². The van der Waals surface area contributed by atoms with Crippen LogP contribution < -0.4 is 4.74 Å². The minimum absolute atomic E-state index is 0.331. The molecule has 1 N–H and O–H groups in total. The molecule has 0 saturated carbocycles. The third-order valence-electron chi connectivity index (χ3n) is 5.58. The molecule has 1 aromatic carbocycles. The highest BCUT2D eigenvalue weighted by Gasteiger charge is 2.19. The lowest BCUT2D eigenvalue weighted by Gasteiger charge is -2.21. The summed E-state index contributed by atoms with van der Waals surface area (Å²) in [7, 11) is 0. The lowest BCUT2D eigenvalue weighted by Crippen LogP contribution is -2.15. The van der Waals surface area contributed by atoms with E-state index in [4.69, 9.17) is 27.9 Å². The number of hydrogen-bond donors (Lipinski definition) is 1. The van der Waals surface area contributed by atoms with Crippen LogP contribution in [0.1, 0.15) is 37.5 Å². The first kappa shape index (κ1) is 20.7. The van der Waals surface area contributed by atoms with Gasteiger partial charge in [0.05, 0.1) is 27.8 Å². The first-order valence-electron chi connectivity index (χ1n) is 10.2. The molecular formula is C22H21Cl2N5OS. The van der Waals surface area contributed by atoms with Crippen molar-refractivity contribution in [3.63, 3.8) is 0 Å². The van der Waals surface area contributed by atoms with Crippen LogP contribution in [0.25, 0.3) is 22.2 Å². The number of aromatic nitrogens is 5. The predicted octanol–water partition coefficient (Wildman–Crippen LogP) is 6.34. The molecule has 31 heavy (non-hydrogen) atoms. The van der Waals surface area contributed by atoms with E-state index in [9.17, 15) is 0 Å². The van der Waals surface area contributed by atoms with Crippen LogP contribution in [0.5, 0.6) is 5.75 Å². The van der Waals surface area contributed by atoms with E-state index >= 15 is 0 Å². The fraction of sp³-hybridized carbons (Fsp3) is 0.318. The average Bonchev–Trinajstić information content (AvgIpc) is 3.41. The van der Waals surface area contributed by atoms with Gasteiger partial charge in [0.2, 0.25) is 0 Å². The quantitative estimate of drug-likeness (QED) is 0.366. The molecule has 1 aliphatic heterocycles. The van der Waals surface area contributed by atoms with Gasteiger partial charge in [-0.25, -0.2) is 0 Å². The molecule has 9 heteroatoms. The molecule has 6 nitrogen and oxygen atoms in total. The summed E-state index contributed by atoms with van der Waals surface area (Å²) in [4.78, 5) is 4.01. The second kappa shape index (κ2) is 8.73. The van der Waals surface area contributed by atoms with Crippen molar-refractivity contribution in [3.05, 3.63) is 58.6 Å². The smallest absolute Gasteiger partial charge is 0.124 e. The Morgan fingerprint density at radius 2 is 1.94 bits per heavy atom. The molecule has 0 unspecified atom stereocenters. The fourth-order valence-electron chi connectivity index (χ4n) is 3.97. The van der Waals surface area contributed by atoms with Gasteiger partial charge in [0.15, 0.2) is 0 Å². The average molecular weight is 474 g/mol. The molecule has 0 amide bonds. The highest BCUT2D eigenvalue weighted by Crippen LogP contribution is 2.35. The lowest BCUT2D eigenvalue weighted by atomic mass is 10.1. The summed E-state index contributed by atoms with van der Waals surface area (Å²) in [5.41, 5.74) is 3.52. The Bertz CT molecular complexity index is 1200. The lowest BCUT2D eigenvalue weighted by molar-refractivity contribution is 0.227. The molecule has 0 spiro atoms. The van der Waals surface area contributed by atoms with E-state index in [0.717, 1.165) is 40.6 Å². The van der Waals surface area contributed by atoms with E-state index in [2.05, 4.69) is 31.2 Å². The first-order chi connectivity index (χ1) is 15.1. The van der Waals surface area contributed by atoms with Gasteiger partial charge in [0, 0.05) is 35.1 Å². The first-order valence-corrected chi connectivity index (χ1v) is 12.1. The molecule has 160 valence electrons. The standard InChI is InChI=1S/C22H21Cl2N5OS/c1-13(21-18(23)10-25-11-19(21)24)30-16-2-3-20-17(8-16)22(28-27-20)14-9-26-29(12-14)15-4-6-31-7-5-15/h2-3,8-13,15H,4-7H2,1H3,(H,27,28)/t13-/m1/s1. The van der Waals surface area contributed by atoms with Crippen LogP contribution >= 0.6 is 35.0 Å². The van der Waals surface area contributed by atoms with Crippen LogP contribution in [-0.4, -0.2) is 36.5 Å². The molecule has 4 aromatic rings. The second-order valence-corrected chi connectivity index (χ2v) is 9.65. The normalized spacial score (nSPS) is 16.0. The van der Waals surface area contributed by atoms with Crippen LogP contribution in [0, 0.1) is 0 Å². The number of thioether (sulfide) groups is 1. The molecule has 4 heterocycles. The summed E-state index contributed by atoms with van der Waals surface area (Å²) >= 11 is 14.6. The zero-order chi connectivity index (χ0) is 21.4. The molecule has 3 aromatic heterocycles. The summed E-state index contributed by atoms with van der Waals surface area (Å²) < 4.78 is 8.26. The van der Waals surface area contributed by atoms with E-state index in [0.29, 0.717) is 21.8 Å². The Hall–Kier alpha value is -2.22. The largest absolute Gasteiger partial charge is 0.486 e. The Balaban J connectivity index is 1.43. The van der Waals surface area contributed by atoms with Crippen molar-refractivity contribution >= 4 is 45.9 Å². The van der Waals surface area contributed by atoms with E-state index in [-0.39, 0.29) is 6.10 Å². The molecule has 5 rings (SSSR count). The van der Waals surface area contributed by atoms with E-state index < -0.39 is 0 Å². The third-order valence-corrected chi connectivity index (χ3v) is 7.24. The predicted molar refractivity (Wildman–Crippen MR) is 126 cm³/mol. The van der Waals surface area contributed by atoms with E-state index in [1.807, 2.05) is 43.1 Å². The summed E-state index contributed by atoms with van der Waals surface area (Å²) in [6.45, 7) is 1.92. The molecule has 1 saturated heterocycles. The monoisotopic (exact) mass is 473 g/mol. The van der Waals surface area contributed by atoms with Crippen LogP contribution in [0.4, 0.5) is 0 Å². The zero-order valence-electron chi connectivity index (χ0n) is 16.9. The summed E-state index contributed by atoms with van der Waals surface area (Å²) in [5.74, 6) is 3.09. The van der Waals surface area contributed by atoms with Crippen molar-refractivity contribution in [3.8, 4) is 17.0 Å². The second-order valence-electron chi connectivity index (χ2n) is 7.61. The van der Waals surface area contributed by atoms with Gasteiger partial charge < -0.3 is 4.74 Å². The fourth-order valence-corrected chi connectivity index (χ4v) is 5.72. The van der Waals surface area contributed by atoms with E-state index in [1.54, 1.807) is 12.4 Å². The van der Waals surface area contributed by atoms with Crippen molar-refractivity contribution in [2.75, 3.05) is 11.5 Å². The van der Waals surface area contributed by atoms with Gasteiger partial charge in [0.25, 0.3) is 0 Å². The summed E-state index contributed by atoms with van der Waals surface area (Å²) in [5, 5.41) is 14.2. The van der Waals surface area contributed by atoms with Crippen molar-refractivity contribution in [1.29, 1.82) is 0 Å². The molecule has 0 radical (unpaired) electrons. The number of ether oxygens (including phenoxy) is 1. The number of fused-ring (bicyclic) bond motifs is 1. The molecule has 1 atom stereocenters. The van der Waals surface area contributed by atoms with Gasteiger partial charge >= 0.3 is 0 Å². The highest BCUT2D eigenvalue weighted by molar-refractivity contribution is 7.99. The molecular weight excluding hydrogens is 453 g/mol. The van der Waals surface area contributed by atoms with Crippen molar-refractivity contribution < 1.29 is 4.74 Å². The van der Waals surface area contributed by atoms with E-state index in [1.165, 1.54) is 11.5 Å². The number of H-pyrrole nitrogens is 1.